The number of aliphatic carboxylic acids is 1. The monoisotopic (exact) mass is 209 g/mol. The first kappa shape index (κ1) is 9.85. The number of rotatable bonds is 2. The number of methoxy groups -OCH3 is 1. The van der Waals surface area contributed by atoms with Crippen LogP contribution in [-0.2, 0) is 17.8 Å². The molecular formula is C9H11N3O3. The Morgan fingerprint density at radius 2 is 2.47 bits per heavy atom. The summed E-state index contributed by atoms with van der Waals surface area (Å²) in [7, 11) is 1.51. The molecule has 0 aromatic carbocycles. The number of carbonyl (C=O) groups is 1. The Balaban J connectivity index is 2.34. The maximum absolute atomic E-state index is 10.8. The number of nitrogens with one attached hydrogen (secondary N) is 1. The van der Waals surface area contributed by atoms with Crippen molar-refractivity contribution in [3.8, 4) is 5.88 Å². The van der Waals surface area contributed by atoms with E-state index in [1.165, 1.54) is 13.4 Å². The fraction of sp³-hybridized carbons (Fsp3) is 0.444. The van der Waals surface area contributed by atoms with Crippen LogP contribution in [0.1, 0.15) is 11.3 Å². The summed E-state index contributed by atoms with van der Waals surface area (Å²) >= 11 is 0. The lowest BCUT2D eigenvalue weighted by atomic mass is 10.0. The molecule has 0 amide bonds. The van der Waals surface area contributed by atoms with Gasteiger partial charge in [-0.15, -0.1) is 0 Å². The van der Waals surface area contributed by atoms with Crippen LogP contribution in [0.3, 0.4) is 0 Å². The van der Waals surface area contributed by atoms with Gasteiger partial charge >= 0.3 is 5.97 Å². The van der Waals surface area contributed by atoms with Gasteiger partial charge in [0.1, 0.15) is 12.4 Å². The smallest absolute Gasteiger partial charge is 0.321 e. The second kappa shape index (κ2) is 3.82. The molecular weight excluding hydrogens is 198 g/mol. The average molecular weight is 209 g/mol. The Morgan fingerprint density at radius 3 is 3.13 bits per heavy atom. The maximum Gasteiger partial charge on any atom is 0.321 e. The third-order valence-electron chi connectivity index (χ3n) is 2.41. The molecule has 0 fully saturated rings. The van der Waals surface area contributed by atoms with E-state index >= 15 is 0 Å². The predicted octanol–water partition coefficient (Wildman–Crippen LogP) is -0.416. The molecule has 80 valence electrons. The van der Waals surface area contributed by atoms with E-state index in [0.717, 1.165) is 11.3 Å². The van der Waals surface area contributed by atoms with Gasteiger partial charge in [-0.2, -0.15) is 0 Å². The molecule has 2 rings (SSSR count). The van der Waals surface area contributed by atoms with Gasteiger partial charge < -0.3 is 9.84 Å². The summed E-state index contributed by atoms with van der Waals surface area (Å²) in [6, 6.07) is -0.586. The number of ether oxygens (including phenoxy) is 1. The van der Waals surface area contributed by atoms with Crippen LogP contribution in [0.2, 0.25) is 0 Å². The van der Waals surface area contributed by atoms with Crippen LogP contribution in [-0.4, -0.2) is 34.2 Å². The molecule has 1 unspecified atom stereocenters. The van der Waals surface area contributed by atoms with E-state index in [9.17, 15) is 4.79 Å². The van der Waals surface area contributed by atoms with E-state index in [0.29, 0.717) is 18.8 Å². The molecule has 0 spiro atoms. The highest BCUT2D eigenvalue weighted by molar-refractivity contribution is 5.74. The molecule has 0 aliphatic carbocycles. The largest absolute Gasteiger partial charge is 0.481 e. The lowest BCUT2D eigenvalue weighted by Gasteiger charge is -2.22. The van der Waals surface area contributed by atoms with E-state index in [4.69, 9.17) is 9.84 Å². The van der Waals surface area contributed by atoms with Gasteiger partial charge in [0.2, 0.25) is 5.88 Å². The van der Waals surface area contributed by atoms with Gasteiger partial charge in [0.25, 0.3) is 0 Å². The van der Waals surface area contributed by atoms with Crippen molar-refractivity contribution in [1.82, 2.24) is 15.3 Å². The topological polar surface area (TPSA) is 84.3 Å². The van der Waals surface area contributed by atoms with E-state index < -0.39 is 12.0 Å². The van der Waals surface area contributed by atoms with Crippen molar-refractivity contribution in [2.45, 2.75) is 19.0 Å². The molecule has 15 heavy (non-hydrogen) atoms. The quantitative estimate of drug-likeness (QED) is 0.688. The summed E-state index contributed by atoms with van der Waals surface area (Å²) < 4.78 is 5.07. The Morgan fingerprint density at radius 1 is 1.67 bits per heavy atom. The van der Waals surface area contributed by atoms with Gasteiger partial charge in [0, 0.05) is 18.5 Å². The second-order valence-corrected chi connectivity index (χ2v) is 3.28. The average Bonchev–Trinajstić information content (AvgIpc) is 2.27. The molecule has 6 heteroatoms. The SMILES string of the molecule is COc1ncnc2c1CC(C(=O)O)NC2. The molecule has 1 atom stereocenters. The highest BCUT2D eigenvalue weighted by atomic mass is 16.5. The first-order chi connectivity index (χ1) is 7.22. The molecule has 1 aliphatic rings. The number of hydrogen-bond donors (Lipinski definition) is 2. The maximum atomic E-state index is 10.8. The van der Waals surface area contributed by atoms with Gasteiger partial charge in [-0.05, 0) is 0 Å². The Hall–Kier alpha value is -1.69. The third-order valence-corrected chi connectivity index (χ3v) is 2.41. The van der Waals surface area contributed by atoms with Crippen LogP contribution in [0, 0.1) is 0 Å². The van der Waals surface area contributed by atoms with Crippen molar-refractivity contribution in [2.24, 2.45) is 0 Å². The minimum absolute atomic E-state index is 0.356. The zero-order valence-corrected chi connectivity index (χ0v) is 8.23. The summed E-state index contributed by atoms with van der Waals surface area (Å²) in [6.07, 6.45) is 1.77. The number of fused-ring (bicyclic) bond motifs is 1. The lowest BCUT2D eigenvalue weighted by Crippen LogP contribution is -2.42. The van der Waals surface area contributed by atoms with Crippen molar-refractivity contribution < 1.29 is 14.6 Å². The fourth-order valence-corrected chi connectivity index (χ4v) is 1.63. The highest BCUT2D eigenvalue weighted by Crippen LogP contribution is 2.22. The first-order valence-corrected chi connectivity index (χ1v) is 4.55. The molecule has 2 N–H and O–H groups in total. The summed E-state index contributed by atoms with van der Waals surface area (Å²) in [6.45, 7) is 0.436. The van der Waals surface area contributed by atoms with Crippen molar-refractivity contribution >= 4 is 5.97 Å². The van der Waals surface area contributed by atoms with Gasteiger partial charge in [0.15, 0.2) is 0 Å². The molecule has 0 saturated carbocycles. The predicted molar refractivity (Wildman–Crippen MR) is 50.6 cm³/mol. The van der Waals surface area contributed by atoms with E-state index in [1.807, 2.05) is 0 Å². The number of hydrogen-bond acceptors (Lipinski definition) is 5. The highest BCUT2D eigenvalue weighted by Gasteiger charge is 2.27. The number of aromatic nitrogens is 2. The van der Waals surface area contributed by atoms with E-state index in [2.05, 4.69) is 15.3 Å². The minimum Gasteiger partial charge on any atom is -0.481 e. The van der Waals surface area contributed by atoms with Crippen molar-refractivity contribution in [1.29, 1.82) is 0 Å². The Labute approximate surface area is 86.3 Å². The zero-order valence-electron chi connectivity index (χ0n) is 8.23. The summed E-state index contributed by atoms with van der Waals surface area (Å²) in [5.74, 6) is -0.403. The van der Waals surface area contributed by atoms with Crippen molar-refractivity contribution in [3.05, 3.63) is 17.6 Å². The molecule has 0 bridgehead atoms. The van der Waals surface area contributed by atoms with Gasteiger partial charge in [0.05, 0.1) is 12.8 Å². The normalized spacial score (nSPS) is 19.4. The summed E-state index contributed by atoms with van der Waals surface area (Å²) in [5, 5.41) is 11.8. The van der Waals surface area contributed by atoms with Crippen LogP contribution >= 0.6 is 0 Å². The van der Waals surface area contributed by atoms with E-state index in [-0.39, 0.29) is 0 Å². The third kappa shape index (κ3) is 1.75. The molecule has 1 aromatic rings. The van der Waals surface area contributed by atoms with Crippen LogP contribution in [0.5, 0.6) is 5.88 Å². The Bertz CT molecular complexity index is 380. The molecule has 1 aliphatic heterocycles. The molecule has 0 radical (unpaired) electrons. The van der Waals surface area contributed by atoms with E-state index in [1.54, 1.807) is 0 Å². The molecule has 2 heterocycles. The van der Waals surface area contributed by atoms with Crippen LogP contribution in [0.25, 0.3) is 0 Å². The standard InChI is InChI=1S/C9H11N3O3/c1-15-8-5-2-6(9(13)14)10-3-7(5)11-4-12-8/h4,6,10H,2-3H2,1H3,(H,13,14). The first-order valence-electron chi connectivity index (χ1n) is 4.55. The lowest BCUT2D eigenvalue weighted by molar-refractivity contribution is -0.139. The number of nitrogens with zero attached hydrogens (tertiary/aromatic N) is 2. The summed E-state index contributed by atoms with van der Waals surface area (Å²) in [4.78, 5) is 18.8. The van der Waals surface area contributed by atoms with Gasteiger partial charge in [-0.25, -0.2) is 9.97 Å². The van der Waals surface area contributed by atoms with Crippen LogP contribution in [0.15, 0.2) is 6.33 Å². The molecule has 6 nitrogen and oxygen atoms in total. The Kier molecular flexibility index (Phi) is 2.51. The molecule has 0 saturated heterocycles. The minimum atomic E-state index is -0.869. The van der Waals surface area contributed by atoms with Crippen molar-refractivity contribution in [2.75, 3.05) is 7.11 Å². The summed E-state index contributed by atoms with van der Waals surface area (Å²) in [5.41, 5.74) is 1.59. The fourth-order valence-electron chi connectivity index (χ4n) is 1.63. The number of carboxylic acid groups (broad SMARTS) is 1. The van der Waals surface area contributed by atoms with Gasteiger partial charge in [-0.3, -0.25) is 10.1 Å². The molecule has 1 aromatic heterocycles. The zero-order chi connectivity index (χ0) is 10.8. The van der Waals surface area contributed by atoms with Gasteiger partial charge in [-0.1, -0.05) is 0 Å². The van der Waals surface area contributed by atoms with Crippen LogP contribution in [0.4, 0.5) is 0 Å². The second-order valence-electron chi connectivity index (χ2n) is 3.28. The van der Waals surface area contributed by atoms with Crippen LogP contribution < -0.4 is 10.1 Å². The number of carboxylic acids is 1. The van der Waals surface area contributed by atoms with Crippen molar-refractivity contribution in [3.63, 3.8) is 0 Å².